The highest BCUT2D eigenvalue weighted by Gasteiger charge is 2.19. The van der Waals surface area contributed by atoms with Gasteiger partial charge in [-0.3, -0.25) is 0 Å². The summed E-state index contributed by atoms with van der Waals surface area (Å²) in [6.45, 7) is 0. The normalized spacial score (nSPS) is 27.5. The van der Waals surface area contributed by atoms with Gasteiger partial charge < -0.3 is 5.11 Å². The Kier molecular flexibility index (Phi) is 3.20. The number of aliphatic hydroxyl groups excluding tert-OH is 1. The van der Waals surface area contributed by atoms with E-state index in [1.165, 1.54) is 24.8 Å². The van der Waals surface area contributed by atoms with E-state index in [0.29, 0.717) is 0 Å². The highest BCUT2D eigenvalue weighted by atomic mass is 16.3. The second-order valence-electron chi connectivity index (χ2n) is 4.29. The molecule has 0 amide bonds. The Morgan fingerprint density at radius 1 is 1.14 bits per heavy atom. The van der Waals surface area contributed by atoms with Crippen LogP contribution >= 0.6 is 0 Å². The van der Waals surface area contributed by atoms with Crippen molar-refractivity contribution in [1.29, 1.82) is 0 Å². The van der Waals surface area contributed by atoms with Crippen LogP contribution in [0, 0.1) is 12.0 Å². The fourth-order valence-electron chi connectivity index (χ4n) is 2.24. The van der Waals surface area contributed by atoms with E-state index < -0.39 is 0 Å². The van der Waals surface area contributed by atoms with Gasteiger partial charge >= 0.3 is 0 Å². The van der Waals surface area contributed by atoms with Crippen molar-refractivity contribution in [2.45, 2.75) is 38.2 Å². The van der Waals surface area contributed by atoms with Gasteiger partial charge in [0.05, 0.1) is 6.10 Å². The van der Waals surface area contributed by atoms with Crippen LogP contribution in [0.5, 0.6) is 0 Å². The number of benzene rings is 1. The lowest BCUT2D eigenvalue weighted by atomic mass is 9.83. The minimum absolute atomic E-state index is 0.0321. The maximum Gasteiger partial charge on any atom is 0.0540 e. The molecular weight excluding hydrogens is 172 g/mol. The van der Waals surface area contributed by atoms with Crippen LogP contribution in [-0.2, 0) is 6.42 Å². The van der Waals surface area contributed by atoms with Crippen molar-refractivity contribution >= 4 is 0 Å². The van der Waals surface area contributed by atoms with Crippen molar-refractivity contribution < 1.29 is 5.11 Å². The molecule has 0 aliphatic heterocycles. The van der Waals surface area contributed by atoms with Gasteiger partial charge in [0.15, 0.2) is 0 Å². The van der Waals surface area contributed by atoms with Crippen molar-refractivity contribution in [3.63, 3.8) is 0 Å². The Morgan fingerprint density at radius 3 is 2.43 bits per heavy atom. The highest BCUT2D eigenvalue weighted by molar-refractivity contribution is 5.14. The minimum atomic E-state index is -0.0321. The van der Waals surface area contributed by atoms with Crippen molar-refractivity contribution in [3.8, 4) is 0 Å². The first-order valence-electron chi connectivity index (χ1n) is 5.47. The molecule has 1 nitrogen and oxygen atoms in total. The van der Waals surface area contributed by atoms with E-state index in [4.69, 9.17) is 0 Å². The van der Waals surface area contributed by atoms with Crippen molar-refractivity contribution in [3.05, 3.63) is 35.9 Å². The maximum atomic E-state index is 9.39. The van der Waals surface area contributed by atoms with Gasteiger partial charge in [0, 0.05) is 0 Å². The van der Waals surface area contributed by atoms with E-state index in [9.17, 15) is 5.11 Å². The predicted molar refractivity (Wildman–Crippen MR) is 56.9 cm³/mol. The second-order valence-corrected chi connectivity index (χ2v) is 4.29. The minimum Gasteiger partial charge on any atom is -0.393 e. The Bertz CT molecular complexity index is 260. The Hall–Kier alpha value is -0.820. The van der Waals surface area contributed by atoms with Crippen LogP contribution in [0.15, 0.2) is 24.3 Å². The molecule has 0 bridgehead atoms. The predicted octanol–water partition coefficient (Wildman–Crippen LogP) is 2.58. The summed E-state index contributed by atoms with van der Waals surface area (Å²) in [4.78, 5) is 0. The van der Waals surface area contributed by atoms with Gasteiger partial charge in [0.2, 0.25) is 0 Å². The van der Waals surface area contributed by atoms with E-state index >= 15 is 0 Å². The number of rotatable bonds is 2. The molecule has 1 heteroatoms. The fourth-order valence-corrected chi connectivity index (χ4v) is 2.24. The maximum absolute atomic E-state index is 9.39. The Balaban J connectivity index is 1.87. The van der Waals surface area contributed by atoms with Gasteiger partial charge in [-0.25, -0.2) is 0 Å². The zero-order chi connectivity index (χ0) is 9.80. The van der Waals surface area contributed by atoms with Crippen molar-refractivity contribution in [2.24, 2.45) is 5.92 Å². The van der Waals surface area contributed by atoms with Gasteiger partial charge in [-0.05, 0) is 49.7 Å². The molecule has 1 aromatic rings. The van der Waals surface area contributed by atoms with Crippen LogP contribution in [-0.4, -0.2) is 11.2 Å². The largest absolute Gasteiger partial charge is 0.393 e. The molecule has 1 saturated carbocycles. The topological polar surface area (TPSA) is 20.2 Å². The third-order valence-corrected chi connectivity index (χ3v) is 3.13. The van der Waals surface area contributed by atoms with Crippen LogP contribution in [0.3, 0.4) is 0 Å². The standard InChI is InChI=1S/C13H17O/c14-13-8-6-12(7-9-13)10-11-4-2-1-3-5-11/h2-5,12-14H,6-10H2. The SMILES string of the molecule is OC1CCC(Cc2cc[c]cc2)CC1. The molecule has 1 aliphatic carbocycles. The summed E-state index contributed by atoms with van der Waals surface area (Å²) < 4.78 is 0. The quantitative estimate of drug-likeness (QED) is 0.758. The smallest absolute Gasteiger partial charge is 0.0540 e. The van der Waals surface area contributed by atoms with Gasteiger partial charge in [-0.15, -0.1) is 0 Å². The van der Waals surface area contributed by atoms with Gasteiger partial charge in [-0.1, -0.05) is 24.3 Å². The van der Waals surface area contributed by atoms with Crippen LogP contribution < -0.4 is 0 Å². The molecule has 0 spiro atoms. The molecule has 0 unspecified atom stereocenters. The van der Waals surface area contributed by atoms with E-state index in [0.717, 1.165) is 18.8 Å². The molecule has 14 heavy (non-hydrogen) atoms. The van der Waals surface area contributed by atoms with E-state index in [1.807, 2.05) is 12.1 Å². The van der Waals surface area contributed by atoms with Crippen LogP contribution in [0.25, 0.3) is 0 Å². The molecule has 1 aliphatic rings. The number of hydrogen-bond acceptors (Lipinski definition) is 1. The summed E-state index contributed by atoms with van der Waals surface area (Å²) in [5.41, 5.74) is 1.41. The summed E-state index contributed by atoms with van der Waals surface area (Å²) in [6, 6.07) is 11.3. The van der Waals surface area contributed by atoms with Gasteiger partial charge in [-0.2, -0.15) is 0 Å². The molecular formula is C13H17O. The first kappa shape index (κ1) is 9.72. The summed E-state index contributed by atoms with van der Waals surface area (Å²) in [6.07, 6.45) is 5.48. The van der Waals surface area contributed by atoms with Crippen LogP contribution in [0.1, 0.15) is 31.2 Å². The summed E-state index contributed by atoms with van der Waals surface area (Å²) in [5.74, 6) is 0.779. The average molecular weight is 189 g/mol. The number of aliphatic hydroxyl groups is 1. The molecule has 0 aromatic heterocycles. The monoisotopic (exact) mass is 189 g/mol. The third-order valence-electron chi connectivity index (χ3n) is 3.13. The van der Waals surface area contributed by atoms with Crippen LogP contribution in [0.4, 0.5) is 0 Å². The lowest BCUT2D eigenvalue weighted by Crippen LogP contribution is -2.19. The fraction of sp³-hybridized carbons (Fsp3) is 0.538. The molecule has 75 valence electrons. The lowest BCUT2D eigenvalue weighted by molar-refractivity contribution is 0.109. The lowest BCUT2D eigenvalue weighted by Gasteiger charge is -2.25. The molecule has 2 rings (SSSR count). The zero-order valence-corrected chi connectivity index (χ0v) is 8.45. The highest BCUT2D eigenvalue weighted by Crippen LogP contribution is 2.26. The Labute approximate surface area is 85.8 Å². The number of hydrogen-bond donors (Lipinski definition) is 1. The molecule has 0 atom stereocenters. The third kappa shape index (κ3) is 2.58. The molecule has 1 radical (unpaired) electrons. The van der Waals surface area contributed by atoms with Gasteiger partial charge in [0.1, 0.15) is 0 Å². The summed E-state index contributed by atoms with van der Waals surface area (Å²) in [7, 11) is 0. The molecule has 1 N–H and O–H groups in total. The molecule has 0 heterocycles. The van der Waals surface area contributed by atoms with Crippen LogP contribution in [0.2, 0.25) is 0 Å². The molecule has 1 aromatic carbocycles. The Morgan fingerprint density at radius 2 is 1.79 bits per heavy atom. The first-order valence-corrected chi connectivity index (χ1v) is 5.47. The summed E-state index contributed by atoms with van der Waals surface area (Å²) >= 11 is 0. The first-order chi connectivity index (χ1) is 6.84. The van der Waals surface area contributed by atoms with E-state index in [-0.39, 0.29) is 6.10 Å². The second kappa shape index (κ2) is 4.61. The van der Waals surface area contributed by atoms with E-state index in [1.54, 1.807) is 0 Å². The van der Waals surface area contributed by atoms with Gasteiger partial charge in [0.25, 0.3) is 0 Å². The molecule has 0 saturated heterocycles. The van der Waals surface area contributed by atoms with Crippen molar-refractivity contribution in [1.82, 2.24) is 0 Å². The van der Waals surface area contributed by atoms with Crippen molar-refractivity contribution in [2.75, 3.05) is 0 Å². The van der Waals surface area contributed by atoms with E-state index in [2.05, 4.69) is 18.2 Å². The average Bonchev–Trinajstić information content (AvgIpc) is 2.23. The molecule has 1 fully saturated rings. The zero-order valence-electron chi connectivity index (χ0n) is 8.45. The summed E-state index contributed by atoms with van der Waals surface area (Å²) in [5, 5.41) is 9.39.